The molecule has 0 atom stereocenters. The molecule has 0 aromatic carbocycles. The van der Waals surface area contributed by atoms with Gasteiger partial charge in [-0.05, 0) is 23.4 Å². The van der Waals surface area contributed by atoms with Crippen molar-refractivity contribution in [1.29, 1.82) is 0 Å². The lowest BCUT2D eigenvalue weighted by atomic mass is 10.2. The van der Waals surface area contributed by atoms with Crippen LogP contribution >= 0.6 is 22.9 Å². The minimum absolute atomic E-state index is 0.665. The van der Waals surface area contributed by atoms with E-state index in [9.17, 15) is 0 Å². The quantitative estimate of drug-likeness (QED) is 0.577. The Balaban J connectivity index is 2.29. The van der Waals surface area contributed by atoms with E-state index in [0.717, 1.165) is 25.1 Å². The van der Waals surface area contributed by atoms with Gasteiger partial charge in [-0.3, -0.25) is 0 Å². The summed E-state index contributed by atoms with van der Waals surface area (Å²) in [6.45, 7) is 9.04. The summed E-state index contributed by atoms with van der Waals surface area (Å²) in [6.07, 6.45) is 4.45. The first-order valence-corrected chi connectivity index (χ1v) is 6.40. The van der Waals surface area contributed by atoms with Crippen LogP contribution < -0.4 is 5.32 Å². The average molecular weight is 254 g/mol. The van der Waals surface area contributed by atoms with Crippen LogP contribution in [-0.2, 0) is 6.42 Å². The van der Waals surface area contributed by atoms with Gasteiger partial charge in [0.15, 0.2) is 0 Å². The van der Waals surface area contributed by atoms with E-state index in [1.54, 1.807) is 23.5 Å². The summed E-state index contributed by atoms with van der Waals surface area (Å²) in [5.74, 6) is 0. The first-order chi connectivity index (χ1) is 7.77. The highest BCUT2D eigenvalue weighted by molar-refractivity contribution is 7.09. The second-order valence-corrected chi connectivity index (χ2v) is 4.73. The molecule has 0 aliphatic rings. The van der Waals surface area contributed by atoms with Crippen molar-refractivity contribution in [2.24, 2.45) is 0 Å². The van der Waals surface area contributed by atoms with Gasteiger partial charge >= 0.3 is 0 Å². The zero-order chi connectivity index (χ0) is 11.8. The molecule has 0 amide bonds. The number of allylic oxidation sites excluding steroid dienone is 2. The van der Waals surface area contributed by atoms with Crippen LogP contribution in [0.1, 0.15) is 4.88 Å². The molecule has 0 aliphatic heterocycles. The molecule has 1 nitrogen and oxygen atoms in total. The monoisotopic (exact) mass is 253 g/mol. The molecule has 0 radical (unpaired) electrons. The maximum Gasteiger partial charge on any atom is 0.0444 e. The molecule has 0 bridgehead atoms. The van der Waals surface area contributed by atoms with Crippen molar-refractivity contribution in [3.8, 4) is 0 Å². The number of halogens is 1. The third kappa shape index (κ3) is 4.35. The molecule has 0 aliphatic carbocycles. The van der Waals surface area contributed by atoms with Gasteiger partial charge in [-0.25, -0.2) is 0 Å². The van der Waals surface area contributed by atoms with E-state index in [1.807, 2.05) is 0 Å². The second kappa shape index (κ2) is 7.44. The van der Waals surface area contributed by atoms with E-state index in [-0.39, 0.29) is 0 Å². The summed E-state index contributed by atoms with van der Waals surface area (Å²) in [5, 5.41) is 6.10. The molecule has 0 saturated heterocycles. The maximum absolute atomic E-state index is 5.96. The van der Waals surface area contributed by atoms with Crippen LogP contribution in [0.25, 0.3) is 0 Å². The Kier molecular flexibility index (Phi) is 6.16. The maximum atomic E-state index is 5.96. The molecule has 0 unspecified atom stereocenters. The van der Waals surface area contributed by atoms with E-state index in [1.165, 1.54) is 4.88 Å². The van der Waals surface area contributed by atoms with Gasteiger partial charge in [0, 0.05) is 23.0 Å². The molecule has 0 saturated carbocycles. The lowest BCUT2D eigenvalue weighted by Crippen LogP contribution is -2.19. The van der Waals surface area contributed by atoms with Crippen LogP contribution in [-0.4, -0.2) is 13.1 Å². The van der Waals surface area contributed by atoms with Gasteiger partial charge in [0.1, 0.15) is 0 Å². The molecule has 1 aromatic heterocycles. The number of hydrogen-bond acceptors (Lipinski definition) is 2. The first-order valence-electron chi connectivity index (χ1n) is 5.14. The standard InChI is InChI=1S/C13H16ClNS/c1-3-11(13(14)4-2)10-15-8-7-12-6-5-9-16-12/h3-6,9,15H,1-2,7-8,10H2/b13-11-. The molecular formula is C13H16ClNS. The van der Waals surface area contributed by atoms with Gasteiger partial charge in [0.25, 0.3) is 0 Å². The smallest absolute Gasteiger partial charge is 0.0444 e. The van der Waals surface area contributed by atoms with Crippen LogP contribution in [0.5, 0.6) is 0 Å². The minimum Gasteiger partial charge on any atom is -0.312 e. The summed E-state index contributed by atoms with van der Waals surface area (Å²) in [6, 6.07) is 4.22. The molecule has 1 N–H and O–H groups in total. The van der Waals surface area contributed by atoms with E-state index in [2.05, 4.69) is 36.0 Å². The summed E-state index contributed by atoms with van der Waals surface area (Å²) in [4.78, 5) is 1.39. The van der Waals surface area contributed by atoms with E-state index in [4.69, 9.17) is 11.6 Å². The van der Waals surface area contributed by atoms with Crippen molar-refractivity contribution < 1.29 is 0 Å². The zero-order valence-electron chi connectivity index (χ0n) is 9.21. The fraction of sp³-hybridized carbons (Fsp3) is 0.231. The van der Waals surface area contributed by atoms with Crippen molar-refractivity contribution in [3.05, 3.63) is 58.3 Å². The van der Waals surface area contributed by atoms with Crippen molar-refractivity contribution in [3.63, 3.8) is 0 Å². The Morgan fingerprint density at radius 3 is 2.81 bits per heavy atom. The van der Waals surface area contributed by atoms with Gasteiger partial charge in [-0.1, -0.05) is 43.0 Å². The van der Waals surface area contributed by atoms with Crippen LogP contribution in [0.3, 0.4) is 0 Å². The highest BCUT2D eigenvalue weighted by Gasteiger charge is 1.98. The lowest BCUT2D eigenvalue weighted by molar-refractivity contribution is 0.738. The normalized spacial score (nSPS) is 12.1. The molecule has 0 spiro atoms. The molecular weight excluding hydrogens is 238 g/mol. The fourth-order valence-corrected chi connectivity index (χ4v) is 2.13. The van der Waals surface area contributed by atoms with Crippen LogP contribution in [0, 0.1) is 0 Å². The molecule has 1 heterocycles. The highest BCUT2D eigenvalue weighted by atomic mass is 35.5. The Labute approximate surface area is 106 Å². The summed E-state index contributed by atoms with van der Waals surface area (Å²) in [5.41, 5.74) is 0.989. The molecule has 86 valence electrons. The summed E-state index contributed by atoms with van der Waals surface area (Å²) < 4.78 is 0. The molecule has 1 rings (SSSR count). The van der Waals surface area contributed by atoms with Gasteiger partial charge in [0.05, 0.1) is 0 Å². The van der Waals surface area contributed by atoms with Gasteiger partial charge in [-0.2, -0.15) is 0 Å². The molecule has 16 heavy (non-hydrogen) atoms. The predicted octanol–water partition coefficient (Wildman–Crippen LogP) is 3.75. The van der Waals surface area contributed by atoms with Gasteiger partial charge in [0.2, 0.25) is 0 Å². The van der Waals surface area contributed by atoms with Crippen LogP contribution in [0.15, 0.2) is 53.4 Å². The average Bonchev–Trinajstić information content (AvgIpc) is 2.81. The van der Waals surface area contributed by atoms with Crippen molar-refractivity contribution in [2.75, 3.05) is 13.1 Å². The Hall–Kier alpha value is -0.830. The van der Waals surface area contributed by atoms with E-state index >= 15 is 0 Å². The summed E-state index contributed by atoms with van der Waals surface area (Å²) >= 11 is 7.75. The van der Waals surface area contributed by atoms with E-state index < -0.39 is 0 Å². The van der Waals surface area contributed by atoms with E-state index in [0.29, 0.717) is 5.03 Å². The Morgan fingerprint density at radius 1 is 1.44 bits per heavy atom. The zero-order valence-corrected chi connectivity index (χ0v) is 10.8. The molecule has 1 aromatic rings. The van der Waals surface area contributed by atoms with Crippen molar-refractivity contribution in [2.45, 2.75) is 6.42 Å². The minimum atomic E-state index is 0.665. The molecule has 3 heteroatoms. The van der Waals surface area contributed by atoms with Gasteiger partial charge < -0.3 is 5.32 Å². The van der Waals surface area contributed by atoms with Gasteiger partial charge in [-0.15, -0.1) is 11.3 Å². The number of thiophene rings is 1. The summed E-state index contributed by atoms with van der Waals surface area (Å²) in [7, 11) is 0. The second-order valence-electron chi connectivity index (χ2n) is 3.29. The first kappa shape index (κ1) is 13.2. The predicted molar refractivity (Wildman–Crippen MR) is 74.2 cm³/mol. The highest BCUT2D eigenvalue weighted by Crippen LogP contribution is 2.11. The number of hydrogen-bond donors (Lipinski definition) is 1. The fourth-order valence-electron chi connectivity index (χ4n) is 1.27. The van der Waals surface area contributed by atoms with Crippen LogP contribution in [0.2, 0.25) is 0 Å². The van der Waals surface area contributed by atoms with Crippen LogP contribution in [0.4, 0.5) is 0 Å². The SMILES string of the molecule is C=C/C(Cl)=C(\C=C)CNCCc1cccs1. The Morgan fingerprint density at radius 2 is 2.25 bits per heavy atom. The Bertz CT molecular complexity index is 365. The largest absolute Gasteiger partial charge is 0.312 e. The topological polar surface area (TPSA) is 12.0 Å². The third-order valence-electron chi connectivity index (χ3n) is 2.18. The lowest BCUT2D eigenvalue weighted by Gasteiger charge is -2.05. The van der Waals surface area contributed by atoms with Crippen molar-refractivity contribution >= 4 is 22.9 Å². The van der Waals surface area contributed by atoms with Crippen molar-refractivity contribution in [1.82, 2.24) is 5.32 Å². The number of rotatable bonds is 7. The molecule has 0 fully saturated rings. The number of nitrogens with one attached hydrogen (secondary N) is 1. The third-order valence-corrected chi connectivity index (χ3v) is 3.51.